The third-order valence-electron chi connectivity index (χ3n) is 4.65. The van der Waals surface area contributed by atoms with Gasteiger partial charge in [0.1, 0.15) is 5.75 Å². The average molecular weight is 359 g/mol. The van der Waals surface area contributed by atoms with E-state index in [9.17, 15) is 4.79 Å². The molecule has 0 unspecified atom stereocenters. The molecule has 136 valence electrons. The Labute approximate surface area is 158 Å². The van der Waals surface area contributed by atoms with Gasteiger partial charge in [-0.05, 0) is 36.4 Å². The normalized spacial score (nSPS) is 14.1. The molecule has 5 heteroatoms. The van der Waals surface area contributed by atoms with Crippen molar-refractivity contribution in [2.75, 3.05) is 31.1 Å². The van der Waals surface area contributed by atoms with Crippen molar-refractivity contribution in [3.8, 4) is 11.5 Å². The molecule has 0 radical (unpaired) electrons. The van der Waals surface area contributed by atoms with Crippen LogP contribution in [0.2, 0.25) is 0 Å². The Morgan fingerprint density at radius 3 is 2.33 bits per heavy atom. The minimum Gasteiger partial charge on any atom is -0.455 e. The van der Waals surface area contributed by atoms with Crippen molar-refractivity contribution in [2.45, 2.75) is 0 Å². The fraction of sp³-hybridized carbons (Fsp3) is 0.182. The highest BCUT2D eigenvalue weighted by molar-refractivity contribution is 5.94. The smallest absolute Gasteiger partial charge is 0.255 e. The Bertz CT molecular complexity index is 892. The number of amides is 1. The second-order valence-electron chi connectivity index (χ2n) is 6.40. The van der Waals surface area contributed by atoms with Crippen LogP contribution in [0.4, 0.5) is 5.69 Å². The van der Waals surface area contributed by atoms with E-state index in [0.717, 1.165) is 30.3 Å². The maximum atomic E-state index is 12.6. The van der Waals surface area contributed by atoms with E-state index in [1.807, 2.05) is 59.5 Å². The van der Waals surface area contributed by atoms with Gasteiger partial charge in [0.2, 0.25) is 0 Å². The van der Waals surface area contributed by atoms with Crippen LogP contribution in [0.3, 0.4) is 0 Å². The zero-order valence-electron chi connectivity index (χ0n) is 15.0. The van der Waals surface area contributed by atoms with Crippen molar-refractivity contribution in [1.82, 2.24) is 9.88 Å². The van der Waals surface area contributed by atoms with E-state index < -0.39 is 0 Å². The van der Waals surface area contributed by atoms with Gasteiger partial charge in [0.25, 0.3) is 5.91 Å². The van der Waals surface area contributed by atoms with Crippen LogP contribution in [0.1, 0.15) is 10.4 Å². The summed E-state index contributed by atoms with van der Waals surface area (Å²) in [6, 6.07) is 21.4. The molecule has 1 aromatic heterocycles. The molecule has 27 heavy (non-hydrogen) atoms. The van der Waals surface area contributed by atoms with Crippen LogP contribution in [0, 0.1) is 0 Å². The van der Waals surface area contributed by atoms with Gasteiger partial charge < -0.3 is 14.5 Å². The summed E-state index contributed by atoms with van der Waals surface area (Å²) in [7, 11) is 0. The monoisotopic (exact) mass is 359 g/mol. The lowest BCUT2D eigenvalue weighted by Gasteiger charge is -2.36. The van der Waals surface area contributed by atoms with Crippen molar-refractivity contribution < 1.29 is 9.53 Å². The molecule has 0 atom stereocenters. The lowest BCUT2D eigenvalue weighted by Crippen LogP contribution is -2.48. The SMILES string of the molecule is O=C(c1cccnc1)N1CCN(c2ccccc2Oc2ccccc2)CC1. The molecule has 2 aromatic carbocycles. The van der Waals surface area contributed by atoms with E-state index in [1.54, 1.807) is 18.5 Å². The summed E-state index contributed by atoms with van der Waals surface area (Å²) in [6.07, 6.45) is 3.30. The predicted octanol–water partition coefficient (Wildman–Crippen LogP) is 3.84. The first kappa shape index (κ1) is 17.1. The summed E-state index contributed by atoms with van der Waals surface area (Å²) in [5.41, 5.74) is 1.69. The van der Waals surface area contributed by atoms with Crippen molar-refractivity contribution in [2.24, 2.45) is 0 Å². The summed E-state index contributed by atoms with van der Waals surface area (Å²) in [4.78, 5) is 20.8. The van der Waals surface area contributed by atoms with Gasteiger partial charge in [0, 0.05) is 38.6 Å². The maximum Gasteiger partial charge on any atom is 0.255 e. The topological polar surface area (TPSA) is 45.7 Å². The van der Waals surface area contributed by atoms with E-state index in [1.165, 1.54) is 0 Å². The number of benzene rings is 2. The van der Waals surface area contributed by atoms with Crippen molar-refractivity contribution >= 4 is 11.6 Å². The molecule has 1 aliphatic rings. The second kappa shape index (κ2) is 7.91. The zero-order valence-corrected chi connectivity index (χ0v) is 15.0. The number of hydrogen-bond acceptors (Lipinski definition) is 4. The first-order valence-electron chi connectivity index (χ1n) is 9.07. The van der Waals surface area contributed by atoms with E-state index in [2.05, 4.69) is 16.0 Å². The molecule has 5 nitrogen and oxygen atoms in total. The summed E-state index contributed by atoms with van der Waals surface area (Å²) in [5, 5.41) is 0. The van der Waals surface area contributed by atoms with Gasteiger partial charge in [-0.15, -0.1) is 0 Å². The number of piperazine rings is 1. The van der Waals surface area contributed by atoms with Gasteiger partial charge in [-0.1, -0.05) is 30.3 Å². The minimum atomic E-state index is 0.0385. The number of carbonyl (C=O) groups is 1. The lowest BCUT2D eigenvalue weighted by atomic mass is 10.2. The zero-order chi connectivity index (χ0) is 18.5. The van der Waals surface area contributed by atoms with Crippen LogP contribution >= 0.6 is 0 Å². The number of para-hydroxylation sites is 3. The molecule has 1 fully saturated rings. The van der Waals surface area contributed by atoms with Crippen LogP contribution < -0.4 is 9.64 Å². The van der Waals surface area contributed by atoms with E-state index >= 15 is 0 Å². The Kier molecular flexibility index (Phi) is 5.01. The summed E-state index contributed by atoms with van der Waals surface area (Å²) in [5.74, 6) is 1.68. The van der Waals surface area contributed by atoms with Crippen LogP contribution in [0.15, 0.2) is 79.1 Å². The number of pyridine rings is 1. The minimum absolute atomic E-state index is 0.0385. The maximum absolute atomic E-state index is 12.6. The highest BCUT2D eigenvalue weighted by Crippen LogP contribution is 2.32. The van der Waals surface area contributed by atoms with E-state index in [0.29, 0.717) is 18.7 Å². The van der Waals surface area contributed by atoms with Gasteiger partial charge in [-0.3, -0.25) is 9.78 Å². The Morgan fingerprint density at radius 2 is 1.59 bits per heavy atom. The summed E-state index contributed by atoms with van der Waals surface area (Å²) in [6.45, 7) is 2.88. The first-order valence-corrected chi connectivity index (χ1v) is 9.07. The highest BCUT2D eigenvalue weighted by atomic mass is 16.5. The number of anilines is 1. The van der Waals surface area contributed by atoms with Gasteiger partial charge >= 0.3 is 0 Å². The second-order valence-corrected chi connectivity index (χ2v) is 6.40. The largest absolute Gasteiger partial charge is 0.455 e. The van der Waals surface area contributed by atoms with Crippen LogP contribution in [-0.2, 0) is 0 Å². The van der Waals surface area contributed by atoms with Crippen LogP contribution in [0.5, 0.6) is 11.5 Å². The molecule has 3 aromatic rings. The number of carbonyl (C=O) groups excluding carboxylic acids is 1. The van der Waals surface area contributed by atoms with Crippen LogP contribution in [-0.4, -0.2) is 42.0 Å². The quantitative estimate of drug-likeness (QED) is 0.710. The molecule has 1 amide bonds. The molecular weight excluding hydrogens is 338 g/mol. The average Bonchev–Trinajstić information content (AvgIpc) is 2.75. The molecule has 1 aliphatic heterocycles. The molecular formula is C22H21N3O2. The predicted molar refractivity (Wildman–Crippen MR) is 105 cm³/mol. The molecule has 1 saturated heterocycles. The molecule has 0 N–H and O–H groups in total. The summed E-state index contributed by atoms with van der Waals surface area (Å²) >= 11 is 0. The Balaban J connectivity index is 1.45. The fourth-order valence-corrected chi connectivity index (χ4v) is 3.24. The lowest BCUT2D eigenvalue weighted by molar-refractivity contribution is 0.0746. The number of nitrogens with zero attached hydrogens (tertiary/aromatic N) is 3. The third-order valence-corrected chi connectivity index (χ3v) is 4.65. The Hall–Kier alpha value is -3.34. The van der Waals surface area contributed by atoms with Gasteiger partial charge in [-0.25, -0.2) is 0 Å². The first-order chi connectivity index (χ1) is 13.3. The number of rotatable bonds is 4. The van der Waals surface area contributed by atoms with Crippen molar-refractivity contribution in [1.29, 1.82) is 0 Å². The molecule has 0 bridgehead atoms. The number of hydrogen-bond donors (Lipinski definition) is 0. The third kappa shape index (κ3) is 3.92. The standard InChI is InChI=1S/C22H21N3O2/c26-22(18-7-6-12-23-17-18)25-15-13-24(14-16-25)20-10-4-5-11-21(20)27-19-8-2-1-3-9-19/h1-12,17H,13-16H2. The van der Waals surface area contributed by atoms with E-state index in [-0.39, 0.29) is 5.91 Å². The molecule has 0 saturated carbocycles. The Morgan fingerprint density at radius 1 is 0.852 bits per heavy atom. The fourth-order valence-electron chi connectivity index (χ4n) is 3.24. The summed E-state index contributed by atoms with van der Waals surface area (Å²) < 4.78 is 6.08. The molecule has 0 spiro atoms. The van der Waals surface area contributed by atoms with Crippen molar-refractivity contribution in [3.63, 3.8) is 0 Å². The van der Waals surface area contributed by atoms with Crippen LogP contribution in [0.25, 0.3) is 0 Å². The highest BCUT2D eigenvalue weighted by Gasteiger charge is 2.24. The number of aromatic nitrogens is 1. The van der Waals surface area contributed by atoms with Gasteiger partial charge in [0.05, 0.1) is 11.3 Å². The number of ether oxygens (including phenoxy) is 1. The van der Waals surface area contributed by atoms with Crippen molar-refractivity contribution in [3.05, 3.63) is 84.7 Å². The van der Waals surface area contributed by atoms with Gasteiger partial charge in [0.15, 0.2) is 5.75 Å². The molecule has 2 heterocycles. The molecule has 4 rings (SSSR count). The van der Waals surface area contributed by atoms with E-state index in [4.69, 9.17) is 4.74 Å². The molecule has 0 aliphatic carbocycles. The van der Waals surface area contributed by atoms with Gasteiger partial charge in [-0.2, -0.15) is 0 Å².